The van der Waals surface area contributed by atoms with Crippen LogP contribution in [0.3, 0.4) is 0 Å². The molecule has 3 heteroatoms. The van der Waals surface area contributed by atoms with E-state index < -0.39 is 0 Å². The van der Waals surface area contributed by atoms with Crippen LogP contribution in [0.15, 0.2) is 18.2 Å². The van der Waals surface area contributed by atoms with Crippen LogP contribution in [0, 0.1) is 0 Å². The summed E-state index contributed by atoms with van der Waals surface area (Å²) in [6.07, 6.45) is 2.59. The van der Waals surface area contributed by atoms with Gasteiger partial charge in [-0.2, -0.15) is 0 Å². The molecule has 18 heavy (non-hydrogen) atoms. The van der Waals surface area contributed by atoms with Crippen molar-refractivity contribution >= 4 is 11.6 Å². The first-order valence-corrected chi connectivity index (χ1v) is 7.02. The van der Waals surface area contributed by atoms with Gasteiger partial charge in [0.15, 0.2) is 0 Å². The van der Waals surface area contributed by atoms with Gasteiger partial charge >= 0.3 is 0 Å². The Kier molecular flexibility index (Phi) is 4.18. The fourth-order valence-electron chi connectivity index (χ4n) is 2.29. The molecule has 1 fully saturated rings. The highest BCUT2D eigenvalue weighted by molar-refractivity contribution is 6.30. The SMILES string of the molecule is CC(C)(C)c1cc(Cl)ccc1O[C@H]1CCCNC1. The van der Waals surface area contributed by atoms with E-state index in [9.17, 15) is 0 Å². The van der Waals surface area contributed by atoms with Gasteiger partial charge < -0.3 is 10.1 Å². The summed E-state index contributed by atoms with van der Waals surface area (Å²) >= 11 is 6.10. The van der Waals surface area contributed by atoms with Crippen LogP contribution in [-0.4, -0.2) is 19.2 Å². The number of rotatable bonds is 2. The molecule has 100 valence electrons. The Morgan fingerprint density at radius 2 is 2.11 bits per heavy atom. The molecule has 0 unspecified atom stereocenters. The zero-order chi connectivity index (χ0) is 13.2. The quantitative estimate of drug-likeness (QED) is 0.881. The highest BCUT2D eigenvalue weighted by Gasteiger charge is 2.22. The summed E-state index contributed by atoms with van der Waals surface area (Å²) in [6, 6.07) is 5.92. The summed E-state index contributed by atoms with van der Waals surface area (Å²) in [5, 5.41) is 4.15. The molecule has 0 radical (unpaired) electrons. The highest BCUT2D eigenvalue weighted by Crippen LogP contribution is 2.34. The second-order valence-corrected chi connectivity index (χ2v) is 6.41. The number of hydrogen-bond acceptors (Lipinski definition) is 2. The number of hydrogen-bond donors (Lipinski definition) is 1. The zero-order valence-corrected chi connectivity index (χ0v) is 12.2. The van der Waals surface area contributed by atoms with Gasteiger partial charge in [0, 0.05) is 17.1 Å². The second kappa shape index (κ2) is 5.50. The molecule has 1 aliphatic rings. The van der Waals surface area contributed by atoms with Gasteiger partial charge in [0.05, 0.1) is 0 Å². The summed E-state index contributed by atoms with van der Waals surface area (Å²) in [7, 11) is 0. The smallest absolute Gasteiger partial charge is 0.123 e. The standard InChI is InChI=1S/C15H22ClNO/c1-15(2,3)13-9-11(16)6-7-14(13)18-12-5-4-8-17-10-12/h6-7,9,12,17H,4-5,8,10H2,1-3H3/t12-/m0/s1. The van der Waals surface area contributed by atoms with E-state index in [4.69, 9.17) is 16.3 Å². The van der Waals surface area contributed by atoms with Crippen molar-refractivity contribution in [2.45, 2.75) is 45.1 Å². The van der Waals surface area contributed by atoms with Crippen LogP contribution in [0.25, 0.3) is 0 Å². The maximum absolute atomic E-state index is 6.15. The Morgan fingerprint density at radius 3 is 2.72 bits per heavy atom. The van der Waals surface area contributed by atoms with Gasteiger partial charge in [-0.3, -0.25) is 0 Å². The molecule has 1 N–H and O–H groups in total. The number of piperidine rings is 1. The molecule has 1 aromatic rings. The number of halogens is 1. The van der Waals surface area contributed by atoms with Crippen LogP contribution in [0.4, 0.5) is 0 Å². The van der Waals surface area contributed by atoms with Gasteiger partial charge in [-0.15, -0.1) is 0 Å². The number of ether oxygens (including phenoxy) is 1. The van der Waals surface area contributed by atoms with Crippen molar-refractivity contribution < 1.29 is 4.74 Å². The molecule has 2 nitrogen and oxygen atoms in total. The third kappa shape index (κ3) is 3.39. The predicted molar refractivity (Wildman–Crippen MR) is 76.7 cm³/mol. The fourth-order valence-corrected chi connectivity index (χ4v) is 2.46. The van der Waals surface area contributed by atoms with Crippen molar-refractivity contribution in [2.75, 3.05) is 13.1 Å². The van der Waals surface area contributed by atoms with Crippen LogP contribution in [-0.2, 0) is 5.41 Å². The van der Waals surface area contributed by atoms with Gasteiger partial charge in [0.2, 0.25) is 0 Å². The summed E-state index contributed by atoms with van der Waals surface area (Å²) in [5.41, 5.74) is 1.23. The van der Waals surface area contributed by atoms with E-state index in [1.807, 2.05) is 18.2 Å². The minimum absolute atomic E-state index is 0.0440. The molecule has 1 aromatic carbocycles. The lowest BCUT2D eigenvalue weighted by atomic mass is 9.86. The first kappa shape index (κ1) is 13.7. The van der Waals surface area contributed by atoms with Crippen molar-refractivity contribution in [1.82, 2.24) is 5.32 Å². The maximum atomic E-state index is 6.15. The predicted octanol–water partition coefficient (Wildman–Crippen LogP) is 3.77. The Morgan fingerprint density at radius 1 is 1.33 bits per heavy atom. The zero-order valence-electron chi connectivity index (χ0n) is 11.4. The molecular weight excluding hydrogens is 246 g/mol. The monoisotopic (exact) mass is 267 g/mol. The summed E-state index contributed by atoms with van der Waals surface area (Å²) in [5.74, 6) is 0.973. The third-order valence-corrected chi connectivity index (χ3v) is 3.53. The highest BCUT2D eigenvalue weighted by atomic mass is 35.5. The van der Waals surface area contributed by atoms with Crippen LogP contribution in [0.2, 0.25) is 5.02 Å². The average molecular weight is 268 g/mol. The van der Waals surface area contributed by atoms with Gasteiger partial charge in [-0.25, -0.2) is 0 Å². The lowest BCUT2D eigenvalue weighted by Crippen LogP contribution is -2.37. The van der Waals surface area contributed by atoms with Crippen molar-refractivity contribution in [3.05, 3.63) is 28.8 Å². The maximum Gasteiger partial charge on any atom is 0.123 e. The molecule has 2 rings (SSSR count). The number of benzene rings is 1. The van der Waals surface area contributed by atoms with Crippen LogP contribution < -0.4 is 10.1 Å². The second-order valence-electron chi connectivity index (χ2n) is 5.98. The lowest BCUT2D eigenvalue weighted by Gasteiger charge is -2.28. The minimum Gasteiger partial charge on any atom is -0.489 e. The third-order valence-electron chi connectivity index (χ3n) is 3.29. The van der Waals surface area contributed by atoms with Crippen LogP contribution in [0.1, 0.15) is 39.2 Å². The molecule has 1 heterocycles. The van der Waals surface area contributed by atoms with E-state index in [2.05, 4.69) is 26.1 Å². The van der Waals surface area contributed by atoms with E-state index in [-0.39, 0.29) is 11.5 Å². The van der Waals surface area contributed by atoms with Gasteiger partial charge in [0.25, 0.3) is 0 Å². The molecular formula is C15H22ClNO. The normalized spacial score (nSPS) is 20.8. The molecule has 0 amide bonds. The van der Waals surface area contributed by atoms with Gasteiger partial charge in [0.1, 0.15) is 11.9 Å². The molecule has 0 aliphatic carbocycles. The topological polar surface area (TPSA) is 21.3 Å². The van der Waals surface area contributed by atoms with E-state index in [0.29, 0.717) is 0 Å². The molecule has 0 saturated carbocycles. The Labute approximate surface area is 115 Å². The van der Waals surface area contributed by atoms with Crippen molar-refractivity contribution in [1.29, 1.82) is 0 Å². The largest absolute Gasteiger partial charge is 0.489 e. The molecule has 1 atom stereocenters. The van der Waals surface area contributed by atoms with Gasteiger partial charge in [-0.1, -0.05) is 32.4 Å². The molecule has 1 aliphatic heterocycles. The van der Waals surface area contributed by atoms with Crippen LogP contribution >= 0.6 is 11.6 Å². The number of nitrogens with one attached hydrogen (secondary N) is 1. The average Bonchev–Trinajstić information content (AvgIpc) is 2.31. The molecule has 0 bridgehead atoms. The summed E-state index contributed by atoms with van der Waals surface area (Å²) < 4.78 is 6.15. The van der Waals surface area contributed by atoms with Gasteiger partial charge in [-0.05, 0) is 43.0 Å². The van der Waals surface area contributed by atoms with E-state index in [0.717, 1.165) is 30.3 Å². The van der Waals surface area contributed by atoms with E-state index in [1.165, 1.54) is 12.0 Å². The van der Waals surface area contributed by atoms with Crippen molar-refractivity contribution in [2.24, 2.45) is 0 Å². The Hall–Kier alpha value is -0.730. The van der Waals surface area contributed by atoms with Crippen LogP contribution in [0.5, 0.6) is 5.75 Å². The Balaban J connectivity index is 2.21. The summed E-state index contributed by atoms with van der Waals surface area (Å²) in [4.78, 5) is 0. The first-order chi connectivity index (χ1) is 8.47. The summed E-state index contributed by atoms with van der Waals surface area (Å²) in [6.45, 7) is 8.60. The van der Waals surface area contributed by atoms with Crippen molar-refractivity contribution in [3.8, 4) is 5.75 Å². The van der Waals surface area contributed by atoms with E-state index in [1.54, 1.807) is 0 Å². The van der Waals surface area contributed by atoms with Crippen molar-refractivity contribution in [3.63, 3.8) is 0 Å². The fraction of sp³-hybridized carbons (Fsp3) is 0.600. The lowest BCUT2D eigenvalue weighted by molar-refractivity contribution is 0.164. The van der Waals surface area contributed by atoms with E-state index >= 15 is 0 Å². The first-order valence-electron chi connectivity index (χ1n) is 6.64. The molecule has 0 aromatic heterocycles. The molecule has 0 spiro atoms. The molecule has 1 saturated heterocycles. The minimum atomic E-state index is 0.0440. The Bertz CT molecular complexity index is 405.